The summed E-state index contributed by atoms with van der Waals surface area (Å²) in [6.07, 6.45) is 0. The maximum atomic E-state index is 13.7. The molecule has 0 saturated heterocycles. The van der Waals surface area contributed by atoms with Gasteiger partial charge >= 0.3 is 0 Å². The molecule has 0 aliphatic heterocycles. The van der Waals surface area contributed by atoms with Gasteiger partial charge in [0, 0.05) is 23.6 Å². The molecule has 3 rings (SSSR count). The number of amides is 2. The Hall–Kier alpha value is -3.07. The lowest BCUT2D eigenvalue weighted by molar-refractivity contribution is -0.139. The molecule has 36 heavy (non-hydrogen) atoms. The highest BCUT2D eigenvalue weighted by atomic mass is 35.5. The number of hydrogen-bond donors (Lipinski definition) is 1. The van der Waals surface area contributed by atoms with Gasteiger partial charge in [0.25, 0.3) is 10.0 Å². The van der Waals surface area contributed by atoms with E-state index in [9.17, 15) is 18.0 Å². The zero-order valence-corrected chi connectivity index (χ0v) is 22.4. The summed E-state index contributed by atoms with van der Waals surface area (Å²) in [5.41, 5.74) is 1.73. The van der Waals surface area contributed by atoms with Crippen LogP contribution in [0.4, 0.5) is 5.69 Å². The minimum atomic E-state index is -4.15. The second-order valence-corrected chi connectivity index (χ2v) is 10.9. The number of likely N-dealkylation sites (N-methyl/N-ethyl adjacent to an activating group) is 1. The number of halogens is 2. The molecule has 0 radical (unpaired) electrons. The van der Waals surface area contributed by atoms with E-state index in [1.54, 1.807) is 62.4 Å². The fourth-order valence-electron chi connectivity index (χ4n) is 3.71. The number of anilines is 1. The SMILES string of the molecule is CNC(=O)[C@H](C)N(Cc1cccc(Cl)c1)C(=O)CN(c1ccccc1C)S(=O)(=O)c1ccc(Cl)cc1. The molecule has 2 amide bonds. The molecule has 1 N–H and O–H groups in total. The molecule has 10 heteroatoms. The van der Waals surface area contributed by atoms with E-state index in [-0.39, 0.29) is 17.3 Å². The van der Waals surface area contributed by atoms with Crippen LogP contribution >= 0.6 is 23.2 Å². The predicted molar refractivity (Wildman–Crippen MR) is 143 cm³/mol. The molecule has 0 aromatic heterocycles. The van der Waals surface area contributed by atoms with E-state index in [0.717, 1.165) is 4.31 Å². The third-order valence-electron chi connectivity index (χ3n) is 5.72. The number of rotatable bonds is 9. The summed E-state index contributed by atoms with van der Waals surface area (Å²) < 4.78 is 28.5. The zero-order valence-electron chi connectivity index (χ0n) is 20.1. The largest absolute Gasteiger partial charge is 0.357 e. The maximum absolute atomic E-state index is 13.7. The van der Waals surface area contributed by atoms with Crippen molar-refractivity contribution in [1.29, 1.82) is 0 Å². The van der Waals surface area contributed by atoms with E-state index in [1.165, 1.54) is 36.2 Å². The first-order chi connectivity index (χ1) is 17.0. The van der Waals surface area contributed by atoms with Crippen LogP contribution in [0.3, 0.4) is 0 Å². The second kappa shape index (κ2) is 11.8. The molecule has 0 heterocycles. The van der Waals surface area contributed by atoms with Gasteiger partial charge in [-0.2, -0.15) is 0 Å². The summed E-state index contributed by atoms with van der Waals surface area (Å²) in [6, 6.07) is 18.7. The molecule has 0 unspecified atom stereocenters. The van der Waals surface area contributed by atoms with Gasteiger partial charge in [-0.05, 0) is 67.4 Å². The first kappa shape index (κ1) is 27.5. The van der Waals surface area contributed by atoms with E-state index in [0.29, 0.717) is 26.9 Å². The lowest BCUT2D eigenvalue weighted by atomic mass is 10.1. The van der Waals surface area contributed by atoms with Crippen LogP contribution < -0.4 is 9.62 Å². The second-order valence-electron chi connectivity index (χ2n) is 8.19. The van der Waals surface area contributed by atoms with E-state index in [4.69, 9.17) is 23.2 Å². The Kier molecular flexibility index (Phi) is 9.00. The van der Waals surface area contributed by atoms with Gasteiger partial charge in [-0.3, -0.25) is 13.9 Å². The number of nitrogens with zero attached hydrogens (tertiary/aromatic N) is 2. The number of nitrogens with one attached hydrogen (secondary N) is 1. The van der Waals surface area contributed by atoms with Crippen molar-refractivity contribution in [2.75, 3.05) is 17.9 Å². The Labute approximate surface area is 221 Å². The smallest absolute Gasteiger partial charge is 0.264 e. The van der Waals surface area contributed by atoms with Crippen molar-refractivity contribution in [3.63, 3.8) is 0 Å². The molecule has 0 aliphatic carbocycles. The highest BCUT2D eigenvalue weighted by Gasteiger charge is 2.32. The highest BCUT2D eigenvalue weighted by molar-refractivity contribution is 7.92. The average Bonchev–Trinajstić information content (AvgIpc) is 2.85. The van der Waals surface area contributed by atoms with E-state index < -0.39 is 28.5 Å². The minimum absolute atomic E-state index is 0.0105. The van der Waals surface area contributed by atoms with Crippen LogP contribution in [-0.2, 0) is 26.2 Å². The van der Waals surface area contributed by atoms with Gasteiger partial charge in [0.1, 0.15) is 12.6 Å². The summed E-state index contributed by atoms with van der Waals surface area (Å²) in [6.45, 7) is 2.91. The number of aryl methyl sites for hydroxylation is 1. The summed E-state index contributed by atoms with van der Waals surface area (Å²) >= 11 is 12.1. The number of carbonyl (C=O) groups excluding carboxylic acids is 2. The third kappa shape index (κ3) is 6.37. The lowest BCUT2D eigenvalue weighted by Gasteiger charge is -2.32. The molecule has 0 aliphatic rings. The van der Waals surface area contributed by atoms with Gasteiger partial charge in [0.05, 0.1) is 10.6 Å². The van der Waals surface area contributed by atoms with Gasteiger partial charge in [0.2, 0.25) is 11.8 Å². The first-order valence-electron chi connectivity index (χ1n) is 11.1. The maximum Gasteiger partial charge on any atom is 0.264 e. The Morgan fingerprint density at radius 2 is 1.61 bits per heavy atom. The fraction of sp³-hybridized carbons (Fsp3) is 0.231. The van der Waals surface area contributed by atoms with Gasteiger partial charge < -0.3 is 10.2 Å². The standard InChI is InChI=1S/C26H27Cl2N3O4S/c1-18-7-4-5-10-24(18)31(36(34,35)23-13-11-21(27)12-14-23)17-25(32)30(19(2)26(33)29-3)16-20-8-6-9-22(28)15-20/h4-15,19H,16-17H2,1-3H3,(H,29,33)/t19-/m0/s1. The van der Waals surface area contributed by atoms with Gasteiger partial charge in [-0.1, -0.05) is 53.5 Å². The number of sulfonamides is 1. The monoisotopic (exact) mass is 547 g/mol. The zero-order chi connectivity index (χ0) is 26.5. The van der Waals surface area contributed by atoms with E-state index >= 15 is 0 Å². The van der Waals surface area contributed by atoms with Crippen LogP contribution in [0.5, 0.6) is 0 Å². The van der Waals surface area contributed by atoms with Crippen LogP contribution in [-0.4, -0.2) is 44.8 Å². The normalized spacial score (nSPS) is 12.0. The molecule has 7 nitrogen and oxygen atoms in total. The molecule has 0 spiro atoms. The Morgan fingerprint density at radius 1 is 0.944 bits per heavy atom. The van der Waals surface area contributed by atoms with Crippen molar-refractivity contribution < 1.29 is 18.0 Å². The lowest BCUT2D eigenvalue weighted by Crippen LogP contribution is -2.50. The molecule has 1 atom stereocenters. The van der Waals surface area contributed by atoms with Crippen molar-refractivity contribution in [2.45, 2.75) is 31.3 Å². The first-order valence-corrected chi connectivity index (χ1v) is 13.3. The molecule has 3 aromatic rings. The van der Waals surface area contributed by atoms with Crippen LogP contribution in [0, 0.1) is 6.92 Å². The van der Waals surface area contributed by atoms with Crippen LogP contribution in [0.15, 0.2) is 77.7 Å². The predicted octanol–water partition coefficient (Wildman–Crippen LogP) is 4.66. The summed E-state index contributed by atoms with van der Waals surface area (Å²) in [4.78, 5) is 27.5. The molecular weight excluding hydrogens is 521 g/mol. The van der Waals surface area contributed by atoms with Gasteiger partial charge in [-0.15, -0.1) is 0 Å². The molecule has 0 fully saturated rings. The number of para-hydroxylation sites is 1. The minimum Gasteiger partial charge on any atom is -0.357 e. The number of carbonyl (C=O) groups is 2. The molecule has 3 aromatic carbocycles. The Bertz CT molecular complexity index is 1350. The topological polar surface area (TPSA) is 86.8 Å². The number of hydrogen-bond acceptors (Lipinski definition) is 4. The average molecular weight is 548 g/mol. The van der Waals surface area contributed by atoms with Gasteiger partial charge in [-0.25, -0.2) is 8.42 Å². The van der Waals surface area contributed by atoms with Crippen LogP contribution in [0.25, 0.3) is 0 Å². The third-order valence-corrected chi connectivity index (χ3v) is 7.98. The Morgan fingerprint density at radius 3 is 2.22 bits per heavy atom. The van der Waals surface area contributed by atoms with Crippen molar-refractivity contribution in [1.82, 2.24) is 10.2 Å². The van der Waals surface area contributed by atoms with E-state index in [1.807, 2.05) is 0 Å². The summed E-state index contributed by atoms with van der Waals surface area (Å²) in [5.74, 6) is -0.930. The fourth-order valence-corrected chi connectivity index (χ4v) is 5.53. The molecule has 0 bridgehead atoms. The van der Waals surface area contributed by atoms with E-state index in [2.05, 4.69) is 5.32 Å². The van der Waals surface area contributed by atoms with Crippen molar-refractivity contribution >= 4 is 50.7 Å². The van der Waals surface area contributed by atoms with Crippen molar-refractivity contribution in [2.24, 2.45) is 0 Å². The quantitative estimate of drug-likeness (QED) is 0.422. The van der Waals surface area contributed by atoms with Crippen molar-refractivity contribution in [3.05, 3.63) is 94.0 Å². The van der Waals surface area contributed by atoms with Gasteiger partial charge in [0.15, 0.2) is 0 Å². The Balaban J connectivity index is 2.05. The van der Waals surface area contributed by atoms with Crippen LogP contribution in [0.1, 0.15) is 18.1 Å². The van der Waals surface area contributed by atoms with Crippen molar-refractivity contribution in [3.8, 4) is 0 Å². The summed E-state index contributed by atoms with van der Waals surface area (Å²) in [7, 11) is -2.67. The highest BCUT2D eigenvalue weighted by Crippen LogP contribution is 2.28. The molecule has 0 saturated carbocycles. The molecule has 190 valence electrons. The van der Waals surface area contributed by atoms with Crippen LogP contribution in [0.2, 0.25) is 10.0 Å². The summed E-state index contributed by atoms with van der Waals surface area (Å²) in [5, 5.41) is 3.42. The molecular formula is C26H27Cl2N3O4S. The number of benzene rings is 3.